The summed E-state index contributed by atoms with van der Waals surface area (Å²) in [5.74, 6) is -0.530. The average molecular weight is 596 g/mol. The van der Waals surface area contributed by atoms with Crippen molar-refractivity contribution in [3.63, 3.8) is 0 Å². The number of aromatic nitrogens is 3. The first-order chi connectivity index (χ1) is 21.1. The summed E-state index contributed by atoms with van der Waals surface area (Å²) in [4.78, 5) is 19.4. The van der Waals surface area contributed by atoms with Gasteiger partial charge in [0.1, 0.15) is 5.82 Å². The van der Waals surface area contributed by atoms with Gasteiger partial charge in [0.25, 0.3) is 0 Å². The highest BCUT2D eigenvalue weighted by atomic mass is 19.1. The number of hydrogen-bond donors (Lipinski definition) is 2. The van der Waals surface area contributed by atoms with Crippen LogP contribution in [0.1, 0.15) is 62.6 Å². The van der Waals surface area contributed by atoms with Crippen LogP contribution < -0.4 is 10.1 Å². The Labute approximate surface area is 257 Å². The van der Waals surface area contributed by atoms with Crippen LogP contribution in [-0.2, 0) is 16.9 Å². The molecule has 0 saturated carbocycles. The first-order valence-corrected chi connectivity index (χ1v) is 15.2. The lowest BCUT2D eigenvalue weighted by molar-refractivity contribution is -0.128. The molecular weight excluding hydrogens is 557 g/mol. The van der Waals surface area contributed by atoms with Gasteiger partial charge in [0, 0.05) is 59.5 Å². The second-order valence-corrected chi connectivity index (χ2v) is 12.5. The number of carbonyl (C=O) groups is 1. The zero-order valence-electron chi connectivity index (χ0n) is 25.4. The molecule has 2 aliphatic rings. The molecule has 6 rings (SSSR count). The molecule has 2 fully saturated rings. The van der Waals surface area contributed by atoms with Crippen molar-refractivity contribution in [3.8, 4) is 17.1 Å². The van der Waals surface area contributed by atoms with E-state index in [1.54, 1.807) is 24.4 Å². The molecule has 1 amide bonds. The minimum Gasteiger partial charge on any atom is -0.477 e. The Morgan fingerprint density at radius 1 is 1.14 bits per heavy atom. The van der Waals surface area contributed by atoms with E-state index in [9.17, 15) is 9.90 Å². The van der Waals surface area contributed by atoms with Crippen molar-refractivity contribution in [3.05, 3.63) is 95.6 Å². The highest BCUT2D eigenvalue weighted by Crippen LogP contribution is 2.48. The molecule has 4 aromatic rings. The van der Waals surface area contributed by atoms with E-state index in [0.717, 1.165) is 16.8 Å². The molecule has 0 bridgehead atoms. The number of halogens is 1. The predicted molar refractivity (Wildman–Crippen MR) is 167 cm³/mol. The summed E-state index contributed by atoms with van der Waals surface area (Å²) in [5, 5.41) is 23.6. The summed E-state index contributed by atoms with van der Waals surface area (Å²) in [6.07, 6.45) is 3.30. The third kappa shape index (κ3) is 5.57. The Morgan fingerprint density at radius 3 is 2.61 bits per heavy atom. The summed E-state index contributed by atoms with van der Waals surface area (Å²) in [7, 11) is 0. The number of piperidine rings is 2. The van der Waals surface area contributed by atoms with Gasteiger partial charge in [-0.15, -0.1) is 10.2 Å². The minimum atomic E-state index is -1.38. The van der Waals surface area contributed by atoms with E-state index in [1.165, 1.54) is 0 Å². The van der Waals surface area contributed by atoms with Crippen molar-refractivity contribution in [2.24, 2.45) is 5.41 Å². The third-order valence-electron chi connectivity index (χ3n) is 9.14. The number of allylic oxidation sites excluding steroid dienone is 1. The van der Waals surface area contributed by atoms with Crippen LogP contribution in [0.25, 0.3) is 22.2 Å². The molecule has 0 spiro atoms. The summed E-state index contributed by atoms with van der Waals surface area (Å²) < 4.78 is 21.7. The molecule has 2 aliphatic heterocycles. The van der Waals surface area contributed by atoms with Gasteiger partial charge < -0.3 is 15.2 Å². The molecule has 2 N–H and O–H groups in total. The van der Waals surface area contributed by atoms with E-state index in [4.69, 9.17) is 4.74 Å². The van der Waals surface area contributed by atoms with Crippen molar-refractivity contribution in [1.82, 2.24) is 25.4 Å². The first kappa shape index (κ1) is 29.8. The van der Waals surface area contributed by atoms with E-state index < -0.39 is 22.8 Å². The van der Waals surface area contributed by atoms with Gasteiger partial charge in [0.05, 0.1) is 29.3 Å². The molecule has 9 heteroatoms. The maximum Gasteiger partial charge on any atom is 0.233 e. The number of pyridine rings is 1. The van der Waals surface area contributed by atoms with Crippen molar-refractivity contribution < 1.29 is 19.0 Å². The Hall–Kier alpha value is -4.21. The number of ether oxygens (including phenoxy) is 1. The van der Waals surface area contributed by atoms with Crippen LogP contribution >= 0.6 is 0 Å². The number of carbonyl (C=O) groups excluding carboxylic acids is 1. The predicted octanol–water partition coefficient (Wildman–Crippen LogP) is 5.86. The number of amides is 1. The Bertz CT molecular complexity index is 1710. The Balaban J connectivity index is 1.19. The smallest absolute Gasteiger partial charge is 0.233 e. The van der Waals surface area contributed by atoms with Crippen LogP contribution in [0.2, 0.25) is 0 Å². The highest BCUT2D eigenvalue weighted by molar-refractivity contribution is 5.88. The summed E-state index contributed by atoms with van der Waals surface area (Å²) in [6.45, 7) is 12.2. The van der Waals surface area contributed by atoms with Gasteiger partial charge in [-0.25, -0.2) is 4.39 Å². The maximum atomic E-state index is 16.3. The number of benzene rings is 2. The van der Waals surface area contributed by atoms with Crippen LogP contribution in [0, 0.1) is 11.2 Å². The first-order valence-electron chi connectivity index (χ1n) is 15.2. The number of rotatable bonds is 7. The number of nitrogens with zero attached hydrogens (tertiary/aromatic N) is 4. The highest BCUT2D eigenvalue weighted by Gasteiger charge is 2.50. The second kappa shape index (κ2) is 11.7. The van der Waals surface area contributed by atoms with Gasteiger partial charge in [0.15, 0.2) is 0 Å². The molecule has 4 heterocycles. The van der Waals surface area contributed by atoms with Gasteiger partial charge in [-0.2, -0.15) is 0 Å². The van der Waals surface area contributed by atoms with E-state index in [2.05, 4.69) is 44.1 Å². The zero-order valence-corrected chi connectivity index (χ0v) is 25.4. The van der Waals surface area contributed by atoms with E-state index >= 15 is 4.39 Å². The molecular formula is C35H38FN5O3. The quantitative estimate of drug-likeness (QED) is 0.276. The summed E-state index contributed by atoms with van der Waals surface area (Å²) >= 11 is 0. The molecule has 0 radical (unpaired) electrons. The van der Waals surface area contributed by atoms with Crippen molar-refractivity contribution in [1.29, 1.82) is 0 Å². The lowest BCUT2D eigenvalue weighted by Gasteiger charge is -2.50. The molecule has 228 valence electrons. The van der Waals surface area contributed by atoms with Crippen LogP contribution in [0.4, 0.5) is 4.39 Å². The van der Waals surface area contributed by atoms with Crippen molar-refractivity contribution in [2.45, 2.75) is 58.1 Å². The number of hydrogen-bond acceptors (Lipinski definition) is 7. The lowest BCUT2D eigenvalue weighted by atomic mass is 9.66. The summed E-state index contributed by atoms with van der Waals surface area (Å²) in [6, 6.07) is 17.1. The zero-order chi connectivity index (χ0) is 31.1. The number of likely N-dealkylation sites (tertiary alicyclic amines) is 1. The maximum absolute atomic E-state index is 16.3. The fourth-order valence-corrected chi connectivity index (χ4v) is 6.58. The van der Waals surface area contributed by atoms with Crippen molar-refractivity contribution in [2.75, 3.05) is 19.7 Å². The van der Waals surface area contributed by atoms with Gasteiger partial charge in [0.2, 0.25) is 11.8 Å². The fourth-order valence-electron chi connectivity index (χ4n) is 6.58. The molecule has 2 atom stereocenters. The molecule has 8 nitrogen and oxygen atoms in total. The van der Waals surface area contributed by atoms with E-state index in [0.29, 0.717) is 73.5 Å². The van der Waals surface area contributed by atoms with Gasteiger partial charge in [-0.05, 0) is 55.5 Å². The number of fused-ring (bicyclic) bond motifs is 1. The third-order valence-corrected chi connectivity index (χ3v) is 9.14. The Kier molecular flexibility index (Phi) is 7.94. The second-order valence-electron chi connectivity index (χ2n) is 12.5. The van der Waals surface area contributed by atoms with Crippen LogP contribution in [0.15, 0.2) is 73.1 Å². The SMILES string of the molecule is C=C1CCC(c2cnc3ccc([C@@]4(O)CCN(Cc5ccc(-c6ccc(OCC)nn6)cc5)CC4(C)C)c(F)c3c2)C(=O)N1. The molecule has 2 aromatic heterocycles. The molecule has 2 saturated heterocycles. The standard InChI is InChI=1S/C35H38FN5O3/c1-5-44-31-15-14-29(39-40-31)24-9-7-23(8-10-24)20-41-17-16-35(43,34(3,4)21-41)28-12-13-30-27(32(28)36)18-25(19-37-30)26-11-6-22(2)38-33(26)42/h7-10,12-15,18-19,26,43H,2,5-6,11,16-17,20-21H2,1,3-4H3,(H,38,42)/t26?,35-/m0/s1. The van der Waals surface area contributed by atoms with Crippen LogP contribution in [-0.4, -0.2) is 50.8 Å². The lowest BCUT2D eigenvalue weighted by Crippen LogP contribution is -2.55. The van der Waals surface area contributed by atoms with E-state index in [1.807, 2.05) is 45.0 Å². The number of aliphatic hydroxyl groups is 1. The van der Waals surface area contributed by atoms with Gasteiger partial charge >= 0.3 is 0 Å². The van der Waals surface area contributed by atoms with Gasteiger partial charge in [-0.3, -0.25) is 14.7 Å². The van der Waals surface area contributed by atoms with Crippen molar-refractivity contribution >= 4 is 16.8 Å². The van der Waals surface area contributed by atoms with E-state index in [-0.39, 0.29) is 11.5 Å². The summed E-state index contributed by atoms with van der Waals surface area (Å²) in [5.41, 5.74) is 2.98. The monoisotopic (exact) mass is 595 g/mol. The van der Waals surface area contributed by atoms with Crippen LogP contribution in [0.3, 0.4) is 0 Å². The largest absolute Gasteiger partial charge is 0.477 e. The molecule has 1 unspecified atom stereocenters. The molecule has 2 aromatic carbocycles. The average Bonchev–Trinajstić information content (AvgIpc) is 3.00. The topological polar surface area (TPSA) is 100 Å². The number of nitrogens with one attached hydrogen (secondary N) is 1. The Morgan fingerprint density at radius 2 is 1.93 bits per heavy atom. The fraction of sp³-hybridized carbons (Fsp3) is 0.371. The van der Waals surface area contributed by atoms with Gasteiger partial charge in [-0.1, -0.05) is 50.8 Å². The molecule has 0 aliphatic carbocycles. The normalized spacial score (nSPS) is 22.2. The van der Waals surface area contributed by atoms with Crippen LogP contribution in [0.5, 0.6) is 5.88 Å². The minimum absolute atomic E-state index is 0.148. The molecule has 44 heavy (non-hydrogen) atoms.